The van der Waals surface area contributed by atoms with Crippen LogP contribution in [-0.4, -0.2) is 38.7 Å². The third-order valence-corrected chi connectivity index (χ3v) is 2.98. The van der Waals surface area contributed by atoms with Gasteiger partial charge < -0.3 is 14.4 Å². The number of alkyl halides is 1. The summed E-state index contributed by atoms with van der Waals surface area (Å²) in [6, 6.07) is 5.67. The van der Waals surface area contributed by atoms with Crippen molar-refractivity contribution in [2.24, 2.45) is 0 Å². The van der Waals surface area contributed by atoms with Crippen molar-refractivity contribution in [1.82, 2.24) is 0 Å². The molecule has 0 N–H and O–H groups in total. The van der Waals surface area contributed by atoms with E-state index in [1.807, 2.05) is 32.0 Å². The number of halogens is 1. The molecular weight excluding hydrogens is 266 g/mol. The van der Waals surface area contributed by atoms with E-state index in [-0.39, 0.29) is 17.9 Å². The van der Waals surface area contributed by atoms with Gasteiger partial charge in [-0.3, -0.25) is 4.79 Å². The number of hydrogen-bond acceptors (Lipinski definition) is 3. The van der Waals surface area contributed by atoms with Crippen LogP contribution in [0.25, 0.3) is 0 Å². The molecule has 1 atom stereocenters. The standard InChI is InChI=1S/C14H20ClNO3/c1-10-6-5-7-12(19-11(2)9-18-4)14(10)16(3)13(17)8-15/h5-7,11H,8-9H2,1-4H3. The fraction of sp³-hybridized carbons (Fsp3) is 0.500. The third-order valence-electron chi connectivity index (χ3n) is 2.75. The second-order valence-electron chi connectivity index (χ2n) is 4.39. The summed E-state index contributed by atoms with van der Waals surface area (Å²) in [5.41, 5.74) is 1.71. The van der Waals surface area contributed by atoms with Crippen molar-refractivity contribution in [1.29, 1.82) is 0 Å². The fourth-order valence-corrected chi connectivity index (χ4v) is 2.04. The Labute approximate surface area is 119 Å². The highest BCUT2D eigenvalue weighted by Gasteiger charge is 2.18. The Balaban J connectivity index is 3.04. The minimum atomic E-state index is -0.166. The van der Waals surface area contributed by atoms with E-state index in [4.69, 9.17) is 21.1 Å². The molecule has 0 spiro atoms. The lowest BCUT2D eigenvalue weighted by molar-refractivity contribution is -0.116. The molecule has 19 heavy (non-hydrogen) atoms. The summed E-state index contributed by atoms with van der Waals surface area (Å²) < 4.78 is 10.9. The number of carbonyl (C=O) groups is 1. The van der Waals surface area contributed by atoms with Crippen molar-refractivity contribution >= 4 is 23.2 Å². The van der Waals surface area contributed by atoms with Gasteiger partial charge in [0.05, 0.1) is 12.3 Å². The highest BCUT2D eigenvalue weighted by atomic mass is 35.5. The lowest BCUT2D eigenvalue weighted by atomic mass is 10.1. The third kappa shape index (κ3) is 4.11. The zero-order valence-electron chi connectivity index (χ0n) is 11.8. The average molecular weight is 286 g/mol. The van der Waals surface area contributed by atoms with E-state index in [9.17, 15) is 4.79 Å². The molecule has 0 fully saturated rings. The first-order valence-electron chi connectivity index (χ1n) is 6.09. The topological polar surface area (TPSA) is 38.8 Å². The van der Waals surface area contributed by atoms with Crippen LogP contribution in [-0.2, 0) is 9.53 Å². The molecule has 0 aliphatic carbocycles. The molecule has 1 unspecified atom stereocenters. The quantitative estimate of drug-likeness (QED) is 0.754. The number of nitrogens with zero attached hydrogens (tertiary/aromatic N) is 1. The highest BCUT2D eigenvalue weighted by molar-refractivity contribution is 6.29. The minimum Gasteiger partial charge on any atom is -0.486 e. The largest absolute Gasteiger partial charge is 0.486 e. The van der Waals surface area contributed by atoms with Gasteiger partial charge in [-0.05, 0) is 25.5 Å². The van der Waals surface area contributed by atoms with Crippen LogP contribution >= 0.6 is 11.6 Å². The number of anilines is 1. The first-order valence-corrected chi connectivity index (χ1v) is 6.62. The molecule has 1 amide bonds. The van der Waals surface area contributed by atoms with Gasteiger partial charge in [-0.25, -0.2) is 0 Å². The molecule has 0 aliphatic heterocycles. The van der Waals surface area contributed by atoms with Gasteiger partial charge >= 0.3 is 0 Å². The van der Waals surface area contributed by atoms with Crippen molar-refractivity contribution in [3.8, 4) is 5.75 Å². The van der Waals surface area contributed by atoms with E-state index in [0.29, 0.717) is 12.4 Å². The lowest BCUT2D eigenvalue weighted by Gasteiger charge is -2.24. The molecular formula is C14H20ClNO3. The summed E-state index contributed by atoms with van der Waals surface area (Å²) in [6.07, 6.45) is -0.0925. The van der Waals surface area contributed by atoms with Crippen molar-refractivity contribution in [2.75, 3.05) is 31.5 Å². The molecule has 0 aromatic heterocycles. The van der Waals surface area contributed by atoms with E-state index in [0.717, 1.165) is 11.3 Å². The van der Waals surface area contributed by atoms with Crippen LogP contribution in [0.15, 0.2) is 18.2 Å². The van der Waals surface area contributed by atoms with E-state index in [2.05, 4.69) is 0 Å². The smallest absolute Gasteiger partial charge is 0.241 e. The zero-order valence-corrected chi connectivity index (χ0v) is 12.5. The van der Waals surface area contributed by atoms with E-state index in [1.54, 1.807) is 14.2 Å². The van der Waals surface area contributed by atoms with E-state index < -0.39 is 0 Å². The van der Waals surface area contributed by atoms with Crippen LogP contribution in [0.3, 0.4) is 0 Å². The number of carbonyl (C=O) groups excluding carboxylic acids is 1. The number of aryl methyl sites for hydroxylation is 1. The van der Waals surface area contributed by atoms with Gasteiger partial charge in [0, 0.05) is 14.2 Å². The Morgan fingerprint density at radius 1 is 1.47 bits per heavy atom. The Morgan fingerprint density at radius 2 is 2.16 bits per heavy atom. The van der Waals surface area contributed by atoms with Crippen molar-refractivity contribution in [3.63, 3.8) is 0 Å². The van der Waals surface area contributed by atoms with Crippen molar-refractivity contribution < 1.29 is 14.3 Å². The molecule has 1 aromatic rings. The first kappa shape index (κ1) is 15.8. The molecule has 0 heterocycles. The number of rotatable bonds is 6. The molecule has 0 saturated carbocycles. The Morgan fingerprint density at radius 3 is 2.74 bits per heavy atom. The molecule has 0 aliphatic rings. The lowest BCUT2D eigenvalue weighted by Crippen LogP contribution is -2.29. The molecule has 1 aromatic carbocycles. The number of methoxy groups -OCH3 is 1. The van der Waals surface area contributed by atoms with Crippen LogP contribution < -0.4 is 9.64 Å². The minimum absolute atomic E-state index is 0.0576. The first-order chi connectivity index (χ1) is 9.01. The Bertz CT molecular complexity index is 437. The SMILES string of the molecule is COCC(C)Oc1cccc(C)c1N(C)C(=O)CCl. The molecule has 106 valence electrons. The maximum absolute atomic E-state index is 11.7. The van der Waals surface area contributed by atoms with Gasteiger partial charge in [-0.15, -0.1) is 11.6 Å². The van der Waals surface area contributed by atoms with Crippen LogP contribution in [0, 0.1) is 6.92 Å². The van der Waals surface area contributed by atoms with Crippen LogP contribution in [0.2, 0.25) is 0 Å². The summed E-state index contributed by atoms with van der Waals surface area (Å²) in [5, 5.41) is 0. The van der Waals surface area contributed by atoms with Crippen LogP contribution in [0.1, 0.15) is 12.5 Å². The van der Waals surface area contributed by atoms with E-state index in [1.165, 1.54) is 4.90 Å². The number of hydrogen-bond donors (Lipinski definition) is 0. The highest BCUT2D eigenvalue weighted by Crippen LogP contribution is 2.32. The molecule has 0 bridgehead atoms. The second kappa shape index (κ2) is 7.36. The Hall–Kier alpha value is -1.26. The monoisotopic (exact) mass is 285 g/mol. The van der Waals surface area contributed by atoms with Crippen LogP contribution in [0.5, 0.6) is 5.75 Å². The molecule has 0 saturated heterocycles. The summed E-state index contributed by atoms with van der Waals surface area (Å²) in [7, 11) is 3.32. The normalized spacial score (nSPS) is 12.1. The van der Waals surface area contributed by atoms with Crippen molar-refractivity contribution in [3.05, 3.63) is 23.8 Å². The molecule has 0 radical (unpaired) electrons. The predicted octanol–water partition coefficient (Wildman–Crippen LogP) is 2.61. The van der Waals surface area contributed by atoms with Gasteiger partial charge in [0.1, 0.15) is 17.7 Å². The number of para-hydroxylation sites is 1. The molecule has 5 heteroatoms. The number of ether oxygens (including phenoxy) is 2. The second-order valence-corrected chi connectivity index (χ2v) is 4.66. The van der Waals surface area contributed by atoms with Gasteiger partial charge in [-0.1, -0.05) is 12.1 Å². The summed E-state index contributed by atoms with van der Waals surface area (Å²) in [4.78, 5) is 13.3. The fourth-order valence-electron chi connectivity index (χ4n) is 1.86. The van der Waals surface area contributed by atoms with E-state index >= 15 is 0 Å². The van der Waals surface area contributed by atoms with Crippen LogP contribution in [0.4, 0.5) is 5.69 Å². The summed E-state index contributed by atoms with van der Waals surface area (Å²) in [5.74, 6) is 0.434. The maximum Gasteiger partial charge on any atom is 0.241 e. The maximum atomic E-state index is 11.7. The van der Waals surface area contributed by atoms with Gasteiger partial charge in [0.25, 0.3) is 0 Å². The summed E-state index contributed by atoms with van der Waals surface area (Å²) in [6.45, 7) is 4.33. The van der Waals surface area contributed by atoms with Crippen molar-refractivity contribution in [2.45, 2.75) is 20.0 Å². The van der Waals surface area contributed by atoms with Gasteiger partial charge in [0.2, 0.25) is 5.91 Å². The predicted molar refractivity (Wildman–Crippen MR) is 77.3 cm³/mol. The summed E-state index contributed by atoms with van der Waals surface area (Å²) >= 11 is 5.60. The zero-order chi connectivity index (χ0) is 14.4. The van der Waals surface area contributed by atoms with Gasteiger partial charge in [0.15, 0.2) is 0 Å². The number of amides is 1. The average Bonchev–Trinajstić information content (AvgIpc) is 2.37. The molecule has 4 nitrogen and oxygen atoms in total. The molecule has 1 rings (SSSR count). The van der Waals surface area contributed by atoms with Gasteiger partial charge in [-0.2, -0.15) is 0 Å². The Kier molecular flexibility index (Phi) is 6.12. The number of benzene rings is 1.